The number of hydrogen-bond acceptors (Lipinski definition) is 8. The molecule has 0 amide bonds. The lowest BCUT2D eigenvalue weighted by Crippen LogP contribution is -2.28. The fourth-order valence-electron chi connectivity index (χ4n) is 4.04. The van der Waals surface area contributed by atoms with Crippen LogP contribution in [0.25, 0.3) is 0 Å². The second kappa shape index (κ2) is 15.9. The monoisotopic (exact) mass is 594 g/mol. The van der Waals surface area contributed by atoms with Gasteiger partial charge in [0.25, 0.3) is 15.9 Å². The second-order valence-corrected chi connectivity index (χ2v) is 11.8. The summed E-state index contributed by atoms with van der Waals surface area (Å²) < 4.78 is 47.6. The molecule has 0 aliphatic carbocycles. The van der Waals surface area contributed by atoms with Crippen LogP contribution in [0.15, 0.2) is 88.6 Å². The fourth-order valence-corrected chi connectivity index (χ4v) is 5.08. The molecule has 0 saturated carbocycles. The zero-order chi connectivity index (χ0) is 30.5. The summed E-state index contributed by atoms with van der Waals surface area (Å²) in [6.45, 7) is 10.1. The van der Waals surface area contributed by atoms with Gasteiger partial charge in [0.1, 0.15) is 0 Å². The standard InChI is InChI=1S/C32H42N4O5S/c1-7-8-9-12-21-40-32(35-24(4)26-17-19-33-20-18-26)31(41-29-14-11-10-13-28(29)39-6)25(5)36-42(37,38)30-16-15-27(22-34-30)23(2)3/h10-11,13-20,22-24,36H,7-9,12,21H2,1-6H3/b31-25-,35-32?. The molecule has 1 aromatic carbocycles. The number of nitrogens with one attached hydrogen (secondary N) is 1. The number of para-hydroxylation sites is 2. The molecule has 0 radical (unpaired) electrons. The van der Waals surface area contributed by atoms with Crippen molar-refractivity contribution in [2.45, 2.75) is 77.3 Å². The summed E-state index contributed by atoms with van der Waals surface area (Å²) >= 11 is 0. The lowest BCUT2D eigenvalue weighted by molar-refractivity contribution is 0.271. The van der Waals surface area contributed by atoms with Gasteiger partial charge in [-0.05, 0) is 67.6 Å². The van der Waals surface area contributed by atoms with Crippen LogP contribution in [0.1, 0.15) is 83.4 Å². The third-order valence-corrected chi connectivity index (χ3v) is 7.91. The van der Waals surface area contributed by atoms with E-state index in [9.17, 15) is 8.42 Å². The van der Waals surface area contributed by atoms with Crippen molar-refractivity contribution in [1.29, 1.82) is 0 Å². The van der Waals surface area contributed by atoms with E-state index in [4.69, 9.17) is 19.2 Å². The number of sulfonamides is 1. The van der Waals surface area contributed by atoms with Crippen molar-refractivity contribution >= 4 is 15.9 Å². The van der Waals surface area contributed by atoms with Crippen LogP contribution >= 0.6 is 0 Å². The van der Waals surface area contributed by atoms with Crippen molar-refractivity contribution in [3.63, 3.8) is 0 Å². The van der Waals surface area contributed by atoms with Gasteiger partial charge in [0.15, 0.2) is 16.5 Å². The number of unbranched alkanes of at least 4 members (excludes halogenated alkanes) is 3. The lowest BCUT2D eigenvalue weighted by atomic mass is 10.1. The van der Waals surface area contributed by atoms with E-state index in [1.54, 1.807) is 56.9 Å². The van der Waals surface area contributed by atoms with Gasteiger partial charge in [-0.2, -0.15) is 8.42 Å². The number of ether oxygens (including phenoxy) is 3. The highest BCUT2D eigenvalue weighted by Crippen LogP contribution is 2.30. The number of pyridine rings is 2. The molecule has 3 rings (SSSR count). The summed E-state index contributed by atoms with van der Waals surface area (Å²) in [7, 11) is -2.51. The minimum absolute atomic E-state index is 0.105. The molecule has 0 spiro atoms. The molecule has 1 atom stereocenters. The Morgan fingerprint density at radius 1 is 0.952 bits per heavy atom. The number of aromatic nitrogens is 2. The maximum absolute atomic E-state index is 13.4. The fraction of sp³-hybridized carbons (Fsp3) is 0.406. The van der Waals surface area contributed by atoms with Crippen molar-refractivity contribution in [3.8, 4) is 11.5 Å². The molecule has 1 N–H and O–H groups in total. The van der Waals surface area contributed by atoms with Crippen molar-refractivity contribution in [2.24, 2.45) is 4.99 Å². The van der Waals surface area contributed by atoms with Crippen molar-refractivity contribution in [1.82, 2.24) is 14.7 Å². The van der Waals surface area contributed by atoms with Crippen LogP contribution in [0.3, 0.4) is 0 Å². The topological polar surface area (TPSA) is 112 Å². The Bertz CT molecular complexity index is 1440. The first-order valence-corrected chi connectivity index (χ1v) is 15.8. The van der Waals surface area contributed by atoms with Crippen LogP contribution in [-0.4, -0.2) is 38.0 Å². The second-order valence-electron chi connectivity index (χ2n) is 10.2. The maximum Gasteiger partial charge on any atom is 0.279 e. The van der Waals surface area contributed by atoms with Crippen molar-refractivity contribution in [3.05, 3.63) is 89.7 Å². The smallest absolute Gasteiger partial charge is 0.279 e. The van der Waals surface area contributed by atoms with Gasteiger partial charge in [-0.3, -0.25) is 9.71 Å². The molecule has 1 unspecified atom stereocenters. The lowest BCUT2D eigenvalue weighted by Gasteiger charge is -2.20. The number of hydrogen-bond donors (Lipinski definition) is 1. The van der Waals surface area contributed by atoms with Gasteiger partial charge < -0.3 is 14.2 Å². The first-order chi connectivity index (χ1) is 20.2. The summed E-state index contributed by atoms with van der Waals surface area (Å²) in [5.41, 5.74) is 2.05. The molecular formula is C32H42N4O5S. The Kier molecular flexibility index (Phi) is 12.3. The Hall–Kier alpha value is -3.92. The van der Waals surface area contributed by atoms with Gasteiger partial charge in [-0.25, -0.2) is 9.98 Å². The van der Waals surface area contributed by atoms with E-state index in [1.165, 1.54) is 6.07 Å². The van der Waals surface area contributed by atoms with Crippen LogP contribution in [0.2, 0.25) is 0 Å². The van der Waals surface area contributed by atoms with Gasteiger partial charge in [0.05, 0.1) is 25.5 Å². The molecule has 0 bridgehead atoms. The minimum atomic E-state index is -4.05. The van der Waals surface area contributed by atoms with Gasteiger partial charge >= 0.3 is 0 Å². The molecule has 3 aromatic rings. The molecule has 2 aromatic heterocycles. The third-order valence-electron chi connectivity index (χ3n) is 6.54. The number of aliphatic imine (C=N–C) groups is 1. The van der Waals surface area contributed by atoms with Gasteiger partial charge in [0, 0.05) is 18.6 Å². The highest BCUT2D eigenvalue weighted by molar-refractivity contribution is 7.89. The Labute approximate surface area is 250 Å². The van der Waals surface area contributed by atoms with E-state index in [0.29, 0.717) is 18.1 Å². The maximum atomic E-state index is 13.4. The molecule has 42 heavy (non-hydrogen) atoms. The molecule has 10 heteroatoms. The minimum Gasteiger partial charge on any atom is -0.493 e. The average Bonchev–Trinajstić information content (AvgIpc) is 2.99. The van der Waals surface area contributed by atoms with E-state index in [2.05, 4.69) is 21.6 Å². The normalized spacial score (nSPS) is 13.4. The largest absolute Gasteiger partial charge is 0.493 e. The molecule has 0 aliphatic heterocycles. The molecule has 9 nitrogen and oxygen atoms in total. The predicted molar refractivity (Wildman–Crippen MR) is 165 cm³/mol. The van der Waals surface area contributed by atoms with Crippen LogP contribution in [0.5, 0.6) is 11.5 Å². The van der Waals surface area contributed by atoms with Crippen LogP contribution in [0, 0.1) is 0 Å². The summed E-state index contributed by atoms with van der Waals surface area (Å²) in [6, 6.07) is 13.8. The number of benzene rings is 1. The summed E-state index contributed by atoms with van der Waals surface area (Å²) in [6.07, 6.45) is 8.97. The van der Waals surface area contributed by atoms with Crippen molar-refractivity contribution in [2.75, 3.05) is 13.7 Å². The first-order valence-electron chi connectivity index (χ1n) is 14.3. The van der Waals surface area contributed by atoms with E-state index in [0.717, 1.165) is 36.8 Å². The molecular weight excluding hydrogens is 552 g/mol. The number of allylic oxidation sites excluding steroid dienone is 1. The predicted octanol–water partition coefficient (Wildman–Crippen LogP) is 6.95. The molecule has 2 heterocycles. The summed E-state index contributed by atoms with van der Waals surface area (Å²) in [4.78, 5) is 13.2. The van der Waals surface area contributed by atoms with E-state index < -0.39 is 10.0 Å². The van der Waals surface area contributed by atoms with Crippen LogP contribution < -0.4 is 14.2 Å². The molecule has 226 valence electrons. The zero-order valence-corrected chi connectivity index (χ0v) is 26.1. The number of nitrogens with zero attached hydrogens (tertiary/aromatic N) is 3. The summed E-state index contributed by atoms with van der Waals surface area (Å²) in [5.74, 6) is 1.37. The first kappa shape index (κ1) is 32.6. The number of rotatable bonds is 15. The van der Waals surface area contributed by atoms with Crippen LogP contribution in [0.4, 0.5) is 0 Å². The zero-order valence-electron chi connectivity index (χ0n) is 25.3. The number of methoxy groups -OCH3 is 1. The van der Waals surface area contributed by atoms with E-state index >= 15 is 0 Å². The van der Waals surface area contributed by atoms with Gasteiger partial charge in [0.2, 0.25) is 5.76 Å². The average molecular weight is 595 g/mol. The molecule has 0 saturated heterocycles. The SMILES string of the molecule is CCCCCCOC(=NC(C)c1ccncc1)/C(Oc1ccccc1OC)=C(\C)NS(=O)(=O)c1ccc(C(C)C)cn1. The quantitative estimate of drug-likeness (QED) is 0.0877. The highest BCUT2D eigenvalue weighted by Gasteiger charge is 2.24. The Morgan fingerprint density at radius 2 is 1.67 bits per heavy atom. The van der Waals surface area contributed by atoms with E-state index in [1.807, 2.05) is 39.0 Å². The third kappa shape index (κ3) is 9.30. The molecule has 0 aliphatic rings. The summed E-state index contributed by atoms with van der Waals surface area (Å²) in [5, 5.41) is -0.105. The van der Waals surface area contributed by atoms with Gasteiger partial charge in [-0.15, -0.1) is 0 Å². The van der Waals surface area contributed by atoms with E-state index in [-0.39, 0.29) is 34.3 Å². The van der Waals surface area contributed by atoms with Crippen molar-refractivity contribution < 1.29 is 22.6 Å². The Morgan fingerprint density at radius 3 is 2.29 bits per heavy atom. The molecule has 0 fully saturated rings. The Balaban J connectivity index is 2.08. The van der Waals surface area contributed by atoms with Gasteiger partial charge in [-0.1, -0.05) is 58.2 Å². The van der Waals surface area contributed by atoms with Crippen LogP contribution in [-0.2, 0) is 14.8 Å². The highest BCUT2D eigenvalue weighted by atomic mass is 32.2.